The van der Waals surface area contributed by atoms with E-state index in [9.17, 15) is 9.90 Å². The quantitative estimate of drug-likeness (QED) is 0.539. The van der Waals surface area contributed by atoms with Crippen molar-refractivity contribution in [3.8, 4) is 0 Å². The molecule has 1 fully saturated rings. The summed E-state index contributed by atoms with van der Waals surface area (Å²) in [6.07, 6.45) is 1.74. The predicted molar refractivity (Wildman–Crippen MR) is 120 cm³/mol. The Morgan fingerprint density at radius 3 is 2.55 bits per heavy atom. The molecule has 0 saturated carbocycles. The second-order valence-electron chi connectivity index (χ2n) is 8.18. The predicted octanol–water partition coefficient (Wildman–Crippen LogP) is 3.09. The molecule has 0 bridgehead atoms. The van der Waals surface area contributed by atoms with E-state index >= 15 is 0 Å². The molecule has 3 N–H and O–H groups in total. The van der Waals surface area contributed by atoms with E-state index in [1.165, 1.54) is 0 Å². The molecule has 31 heavy (non-hydrogen) atoms. The number of Topliss-reactive ketones (excluding diaryl/α,β-unsaturated/α-hetero) is 1. The van der Waals surface area contributed by atoms with Crippen molar-refractivity contribution >= 4 is 23.4 Å². The molecule has 2 aromatic heterocycles. The monoisotopic (exact) mass is 420 g/mol. The molecule has 1 saturated heterocycles. The second kappa shape index (κ2) is 8.85. The molecule has 0 aliphatic carbocycles. The van der Waals surface area contributed by atoms with E-state index in [4.69, 9.17) is 0 Å². The minimum atomic E-state index is -1.28. The number of aromatic amines is 1. The van der Waals surface area contributed by atoms with Gasteiger partial charge in [-0.25, -0.2) is 4.98 Å². The van der Waals surface area contributed by atoms with Crippen LogP contribution in [0.1, 0.15) is 36.2 Å². The van der Waals surface area contributed by atoms with Crippen molar-refractivity contribution in [3.63, 3.8) is 0 Å². The van der Waals surface area contributed by atoms with Crippen molar-refractivity contribution in [2.75, 3.05) is 23.3 Å². The van der Waals surface area contributed by atoms with Crippen LogP contribution < -0.4 is 10.2 Å². The Balaban J connectivity index is 1.38. The van der Waals surface area contributed by atoms with E-state index < -0.39 is 5.60 Å². The molecule has 0 amide bonds. The zero-order valence-corrected chi connectivity index (χ0v) is 17.9. The highest BCUT2D eigenvalue weighted by atomic mass is 16.3. The number of rotatable bonds is 7. The summed E-state index contributed by atoms with van der Waals surface area (Å²) >= 11 is 0. The fourth-order valence-corrected chi connectivity index (χ4v) is 3.86. The number of carbonyl (C=O) groups excluding carboxylic acids is 1. The third-order valence-electron chi connectivity index (χ3n) is 5.68. The first-order valence-electron chi connectivity index (χ1n) is 10.6. The largest absolute Gasteiger partial charge is 0.382 e. The van der Waals surface area contributed by atoms with Gasteiger partial charge in [0.25, 0.3) is 0 Å². The molecule has 3 aromatic rings. The average molecular weight is 421 g/mol. The molecular weight excluding hydrogens is 392 g/mol. The van der Waals surface area contributed by atoms with Gasteiger partial charge >= 0.3 is 0 Å². The fourth-order valence-electron chi connectivity index (χ4n) is 3.86. The van der Waals surface area contributed by atoms with Crippen LogP contribution in [0.5, 0.6) is 0 Å². The number of hydrogen-bond donors (Lipinski definition) is 3. The smallest absolute Gasteiger partial charge is 0.227 e. The summed E-state index contributed by atoms with van der Waals surface area (Å²) in [6, 6.07) is 13.7. The summed E-state index contributed by atoms with van der Waals surface area (Å²) in [5.74, 6) is 1.86. The van der Waals surface area contributed by atoms with Crippen LogP contribution in [0.2, 0.25) is 0 Å². The summed E-state index contributed by atoms with van der Waals surface area (Å²) in [7, 11) is 0. The Morgan fingerprint density at radius 2 is 1.87 bits per heavy atom. The first-order chi connectivity index (χ1) is 14.9. The van der Waals surface area contributed by atoms with Crippen LogP contribution in [-0.4, -0.2) is 49.7 Å². The lowest BCUT2D eigenvalue weighted by molar-refractivity contribution is -0.139. The van der Waals surface area contributed by atoms with Crippen molar-refractivity contribution in [3.05, 3.63) is 59.4 Å². The normalized spacial score (nSPS) is 15.6. The molecule has 8 heteroatoms. The number of piperidine rings is 1. The fraction of sp³-hybridized carbons (Fsp3) is 0.391. The van der Waals surface area contributed by atoms with Gasteiger partial charge < -0.3 is 15.3 Å². The molecule has 8 nitrogen and oxygen atoms in total. The summed E-state index contributed by atoms with van der Waals surface area (Å²) in [4.78, 5) is 23.9. The molecule has 1 aromatic carbocycles. The minimum Gasteiger partial charge on any atom is -0.382 e. The highest BCUT2D eigenvalue weighted by molar-refractivity contribution is 5.87. The number of aromatic nitrogens is 4. The van der Waals surface area contributed by atoms with Crippen LogP contribution >= 0.6 is 0 Å². The van der Waals surface area contributed by atoms with Gasteiger partial charge in [-0.3, -0.25) is 9.89 Å². The van der Waals surface area contributed by atoms with Gasteiger partial charge in [-0.15, -0.1) is 0 Å². The van der Waals surface area contributed by atoms with Gasteiger partial charge in [-0.1, -0.05) is 30.3 Å². The number of hydrogen-bond acceptors (Lipinski definition) is 7. The number of nitrogens with one attached hydrogen (secondary N) is 2. The van der Waals surface area contributed by atoms with Crippen LogP contribution in [-0.2, 0) is 11.2 Å². The summed E-state index contributed by atoms with van der Waals surface area (Å²) < 4.78 is 0. The Kier molecular flexibility index (Phi) is 5.99. The minimum absolute atomic E-state index is 0.0857. The molecule has 1 aliphatic heterocycles. The van der Waals surface area contributed by atoms with Crippen molar-refractivity contribution in [1.82, 2.24) is 20.2 Å². The number of anilines is 3. The highest BCUT2D eigenvalue weighted by Crippen LogP contribution is 2.28. The molecule has 4 rings (SSSR count). The number of aliphatic hydroxyl groups is 1. The van der Waals surface area contributed by atoms with Crippen molar-refractivity contribution in [1.29, 1.82) is 0 Å². The third-order valence-corrected chi connectivity index (χ3v) is 5.68. The second-order valence-corrected chi connectivity index (χ2v) is 8.18. The van der Waals surface area contributed by atoms with E-state index in [1.54, 1.807) is 0 Å². The Hall–Kier alpha value is -3.26. The standard InChI is InChI=1S/C23H28N6O2/c1-16-14-20(25-21-15-17(2)27-28-21)26-22(24-16)29-12-10-23(31,11-13-29)19(30)9-8-18-6-4-3-5-7-18/h3-7,14-15,31H,8-13H2,1-2H3,(H2,24,25,26,27,28). The van der Waals surface area contributed by atoms with E-state index in [-0.39, 0.29) is 5.78 Å². The molecule has 1 aliphatic rings. The molecule has 3 heterocycles. The number of ketones is 1. The van der Waals surface area contributed by atoms with E-state index in [0.717, 1.165) is 17.0 Å². The summed E-state index contributed by atoms with van der Waals surface area (Å²) in [6.45, 7) is 4.90. The number of benzene rings is 1. The topological polar surface area (TPSA) is 107 Å². The van der Waals surface area contributed by atoms with Crippen LogP contribution in [0, 0.1) is 13.8 Å². The Bertz CT molecular complexity index is 1040. The van der Waals surface area contributed by atoms with Crippen molar-refractivity contribution in [2.45, 2.75) is 45.1 Å². The highest BCUT2D eigenvalue weighted by Gasteiger charge is 2.39. The lowest BCUT2D eigenvalue weighted by Gasteiger charge is -2.37. The zero-order valence-electron chi connectivity index (χ0n) is 17.9. The molecular formula is C23H28N6O2. The van der Waals surface area contributed by atoms with Crippen LogP contribution in [0.4, 0.5) is 17.6 Å². The first-order valence-corrected chi connectivity index (χ1v) is 10.6. The lowest BCUT2D eigenvalue weighted by Crippen LogP contribution is -2.50. The maximum atomic E-state index is 12.7. The number of carbonyl (C=O) groups is 1. The van der Waals surface area contributed by atoms with Crippen LogP contribution in [0.3, 0.4) is 0 Å². The SMILES string of the molecule is Cc1cc(Nc2cc(C)[nH]n2)nc(N2CCC(O)(C(=O)CCc3ccccc3)CC2)n1. The third kappa shape index (κ3) is 5.08. The number of H-pyrrole nitrogens is 1. The average Bonchev–Trinajstić information content (AvgIpc) is 3.17. The van der Waals surface area contributed by atoms with Gasteiger partial charge in [-0.05, 0) is 25.8 Å². The van der Waals surface area contributed by atoms with Crippen LogP contribution in [0.15, 0.2) is 42.5 Å². The van der Waals surface area contributed by atoms with Gasteiger partial charge in [0.1, 0.15) is 11.4 Å². The van der Waals surface area contributed by atoms with E-state index in [1.807, 2.05) is 61.2 Å². The van der Waals surface area contributed by atoms with Crippen molar-refractivity contribution < 1.29 is 9.90 Å². The summed E-state index contributed by atoms with van der Waals surface area (Å²) in [5.41, 5.74) is 1.63. The Labute approximate surface area is 181 Å². The van der Waals surface area contributed by atoms with Gasteiger partial charge in [0, 0.05) is 55.9 Å². The van der Waals surface area contributed by atoms with Crippen molar-refractivity contribution in [2.24, 2.45) is 0 Å². The number of aryl methyl sites for hydroxylation is 3. The maximum Gasteiger partial charge on any atom is 0.227 e. The Morgan fingerprint density at radius 1 is 1.13 bits per heavy atom. The van der Waals surface area contributed by atoms with Gasteiger partial charge in [-0.2, -0.15) is 10.1 Å². The van der Waals surface area contributed by atoms with Gasteiger partial charge in [0.05, 0.1) is 0 Å². The molecule has 0 unspecified atom stereocenters. The molecule has 0 spiro atoms. The van der Waals surface area contributed by atoms with Gasteiger partial charge in [0.15, 0.2) is 11.6 Å². The van der Waals surface area contributed by atoms with Crippen LogP contribution in [0.25, 0.3) is 0 Å². The first kappa shape index (κ1) is 21.0. The summed E-state index contributed by atoms with van der Waals surface area (Å²) in [5, 5.41) is 21.2. The zero-order chi connectivity index (χ0) is 21.8. The van der Waals surface area contributed by atoms with E-state index in [0.29, 0.717) is 56.4 Å². The molecule has 0 atom stereocenters. The molecule has 162 valence electrons. The number of nitrogens with zero attached hydrogens (tertiary/aromatic N) is 4. The lowest BCUT2D eigenvalue weighted by atomic mass is 9.85. The van der Waals surface area contributed by atoms with Gasteiger partial charge in [0.2, 0.25) is 5.95 Å². The molecule has 0 radical (unpaired) electrons. The van der Waals surface area contributed by atoms with E-state index in [2.05, 4.69) is 25.5 Å². The maximum absolute atomic E-state index is 12.7.